The fourth-order valence-corrected chi connectivity index (χ4v) is 6.46. The van der Waals surface area contributed by atoms with Gasteiger partial charge in [-0.25, -0.2) is 9.13 Å². The second-order valence-electron chi connectivity index (χ2n) is 14.4. The highest BCUT2D eigenvalue weighted by molar-refractivity contribution is 7.47. The van der Waals surface area contributed by atoms with Gasteiger partial charge in [-0.1, -0.05) is 126 Å². The van der Waals surface area contributed by atoms with Crippen LogP contribution in [0.5, 0.6) is 0 Å². The van der Waals surface area contributed by atoms with E-state index in [1.54, 1.807) is 0 Å². The molecule has 0 aromatic heterocycles. The number of ether oxygens (including phenoxy) is 3. The van der Waals surface area contributed by atoms with E-state index in [0.717, 1.165) is 51.4 Å². The molecule has 3 unspecified atom stereocenters. The number of unbranched alkanes of at least 4 members (excludes halogenated alkanes) is 6. The summed E-state index contributed by atoms with van der Waals surface area (Å²) in [5.41, 5.74) is 0. The molecule has 57 heavy (non-hydrogen) atoms. The number of hydrogen-bond acceptors (Lipinski definition) is 11. The van der Waals surface area contributed by atoms with E-state index in [2.05, 4.69) is 72.4 Å². The van der Waals surface area contributed by atoms with Crippen molar-refractivity contribution in [2.24, 2.45) is 5.92 Å². The van der Waals surface area contributed by atoms with Crippen molar-refractivity contribution in [1.29, 1.82) is 0 Å². The molecule has 328 valence electrons. The highest BCUT2D eigenvalue weighted by Gasteiger charge is 2.36. The van der Waals surface area contributed by atoms with E-state index in [4.69, 9.17) is 28.5 Å². The number of phosphoric ester groups is 2. The zero-order valence-electron chi connectivity index (χ0n) is 34.3. The van der Waals surface area contributed by atoms with E-state index < -0.39 is 66.2 Å². The average Bonchev–Trinajstić information content (AvgIpc) is 3.91. The van der Waals surface area contributed by atoms with Gasteiger partial charge in [0, 0.05) is 12.8 Å². The predicted molar refractivity (Wildman–Crippen MR) is 220 cm³/mol. The molecule has 16 heteroatoms. The molecular formula is C41H70O14P2. The maximum absolute atomic E-state index is 12.6. The fraction of sp³-hybridized carbons (Fsp3) is 0.707. The van der Waals surface area contributed by atoms with E-state index >= 15 is 0 Å². The van der Waals surface area contributed by atoms with Gasteiger partial charge in [-0.05, 0) is 57.3 Å². The lowest BCUT2D eigenvalue weighted by Gasteiger charge is -2.20. The first-order valence-electron chi connectivity index (χ1n) is 20.5. The van der Waals surface area contributed by atoms with Crippen LogP contribution < -0.4 is 0 Å². The Morgan fingerprint density at radius 1 is 0.649 bits per heavy atom. The monoisotopic (exact) mass is 848 g/mol. The van der Waals surface area contributed by atoms with Crippen molar-refractivity contribution in [2.45, 2.75) is 154 Å². The van der Waals surface area contributed by atoms with Crippen LogP contribution in [0.4, 0.5) is 0 Å². The van der Waals surface area contributed by atoms with Crippen LogP contribution >= 0.6 is 15.6 Å². The number of carbonyl (C=O) groups is 2. The van der Waals surface area contributed by atoms with Crippen molar-refractivity contribution in [3.8, 4) is 0 Å². The van der Waals surface area contributed by atoms with Crippen molar-refractivity contribution < 1.29 is 66.3 Å². The Morgan fingerprint density at radius 3 is 1.77 bits per heavy atom. The molecule has 1 heterocycles. The third-order valence-corrected chi connectivity index (χ3v) is 9.94. The van der Waals surface area contributed by atoms with E-state index in [1.807, 2.05) is 18.2 Å². The van der Waals surface area contributed by atoms with Crippen molar-refractivity contribution in [2.75, 3.05) is 26.4 Å². The van der Waals surface area contributed by atoms with Gasteiger partial charge in [0.1, 0.15) is 12.7 Å². The van der Waals surface area contributed by atoms with Crippen LogP contribution in [-0.2, 0) is 46.5 Å². The summed E-state index contributed by atoms with van der Waals surface area (Å²) in [5, 5.41) is 9.72. The molecule has 14 nitrogen and oxygen atoms in total. The molecule has 0 aromatic rings. The van der Waals surface area contributed by atoms with Gasteiger partial charge in [0.25, 0.3) is 0 Å². The van der Waals surface area contributed by atoms with Gasteiger partial charge < -0.3 is 34.0 Å². The Bertz CT molecular complexity index is 1320. The number of carbonyl (C=O) groups excluding carboxylic acids is 2. The summed E-state index contributed by atoms with van der Waals surface area (Å²) in [4.78, 5) is 52.5. The van der Waals surface area contributed by atoms with Crippen molar-refractivity contribution in [1.82, 2.24) is 0 Å². The number of hydrogen-bond donors (Lipinski definition) is 4. The van der Waals surface area contributed by atoms with Crippen molar-refractivity contribution >= 4 is 27.6 Å². The number of allylic oxidation sites excluding steroid dienone is 8. The Hall–Kier alpha value is -2.22. The lowest BCUT2D eigenvalue weighted by Crippen LogP contribution is -2.29. The summed E-state index contributed by atoms with van der Waals surface area (Å²) in [7, 11) is -9.70. The molecule has 5 atom stereocenters. The van der Waals surface area contributed by atoms with Crippen molar-refractivity contribution in [3.05, 3.63) is 60.8 Å². The molecule has 1 aliphatic heterocycles. The third kappa shape index (κ3) is 34.4. The number of phosphoric acid groups is 2. The van der Waals surface area contributed by atoms with Crippen LogP contribution in [0, 0.1) is 5.92 Å². The molecule has 1 rings (SSSR count). The molecule has 0 aromatic carbocycles. The standard InChI is InChI=1S/C41H70O14P2/c1-4-5-21-27-38-39(55-38)28-23-18-14-10-8-6-7-9-11-15-20-25-30-41(44)54-37(34-53-57(48,49)52-32-36(42)31-51-56(45,46)47)33-50-40(43)29-24-19-16-12-13-17-22-26-35(2)3/h5,7-10,15,18,20-21,23,35-39,42H,4,6,11-14,16-17,19,22,24-34H2,1-3H3,(H,48,49)(H2,45,46,47)/b9-7-,10-8-,20-15-,21-5-,23-18-/t36-,37+,38?,39?/m0/s1. The molecule has 0 amide bonds. The SMILES string of the molecule is CC/C=C\CC1OC1C/C=C\C/C=C\C/C=C\C/C=C\CCC(=O)O[C@H](COC(=O)CCCCCCCCCC(C)C)COP(=O)(O)OC[C@@H](O)COP(=O)(O)O. The van der Waals surface area contributed by atoms with Gasteiger partial charge in [0.15, 0.2) is 6.10 Å². The highest BCUT2D eigenvalue weighted by atomic mass is 31.2. The molecule has 0 aliphatic carbocycles. The lowest BCUT2D eigenvalue weighted by molar-refractivity contribution is -0.161. The summed E-state index contributed by atoms with van der Waals surface area (Å²) in [5.74, 6) is -0.426. The number of aliphatic hydroxyl groups is 1. The first-order valence-corrected chi connectivity index (χ1v) is 23.5. The first kappa shape index (κ1) is 52.8. The largest absolute Gasteiger partial charge is 0.472 e. The third-order valence-electron chi connectivity index (χ3n) is 8.50. The molecule has 0 radical (unpaired) electrons. The Labute approximate surface area is 340 Å². The fourth-order valence-electron chi connectivity index (χ4n) is 5.30. The van der Waals surface area contributed by atoms with Crippen LogP contribution in [0.25, 0.3) is 0 Å². The maximum atomic E-state index is 12.6. The summed E-state index contributed by atoms with van der Waals surface area (Å²) >= 11 is 0. The van der Waals surface area contributed by atoms with E-state index in [0.29, 0.717) is 37.4 Å². The number of epoxide rings is 1. The maximum Gasteiger partial charge on any atom is 0.472 e. The Morgan fingerprint density at radius 2 is 1.18 bits per heavy atom. The van der Waals surface area contributed by atoms with Gasteiger partial charge in [0.2, 0.25) is 0 Å². The minimum atomic E-state index is -4.87. The molecule has 4 N–H and O–H groups in total. The van der Waals surface area contributed by atoms with Gasteiger partial charge in [-0.3, -0.25) is 23.2 Å². The van der Waals surface area contributed by atoms with Crippen LogP contribution in [-0.4, -0.2) is 82.6 Å². The molecular weight excluding hydrogens is 778 g/mol. The molecule has 0 bridgehead atoms. The van der Waals surface area contributed by atoms with Crippen LogP contribution in [0.2, 0.25) is 0 Å². The summed E-state index contributed by atoms with van der Waals surface area (Å²) < 4.78 is 53.2. The van der Waals surface area contributed by atoms with E-state index in [1.165, 1.54) is 25.7 Å². The summed E-state index contributed by atoms with van der Waals surface area (Å²) in [6, 6.07) is 0. The molecule has 1 fully saturated rings. The van der Waals surface area contributed by atoms with Crippen molar-refractivity contribution in [3.63, 3.8) is 0 Å². The van der Waals surface area contributed by atoms with Crippen LogP contribution in [0.1, 0.15) is 130 Å². The van der Waals surface area contributed by atoms with E-state index in [-0.39, 0.29) is 12.8 Å². The lowest BCUT2D eigenvalue weighted by atomic mass is 10.0. The van der Waals surface area contributed by atoms with Gasteiger partial charge in [-0.15, -0.1) is 0 Å². The average molecular weight is 849 g/mol. The van der Waals surface area contributed by atoms with Crippen LogP contribution in [0.3, 0.4) is 0 Å². The highest BCUT2D eigenvalue weighted by Crippen LogP contribution is 2.43. The second-order valence-corrected chi connectivity index (χ2v) is 17.1. The topological polar surface area (TPSA) is 208 Å². The second kappa shape index (κ2) is 32.6. The number of rotatable bonds is 36. The zero-order valence-corrected chi connectivity index (χ0v) is 36.1. The van der Waals surface area contributed by atoms with E-state index in [9.17, 15) is 28.7 Å². The quantitative estimate of drug-likeness (QED) is 0.0153. The minimum Gasteiger partial charge on any atom is -0.462 e. The van der Waals surface area contributed by atoms with Gasteiger partial charge >= 0.3 is 27.6 Å². The normalized spacial score (nSPS) is 18.4. The Kier molecular flexibility index (Phi) is 30.2. The van der Waals surface area contributed by atoms with Gasteiger partial charge in [0.05, 0.1) is 32.0 Å². The summed E-state index contributed by atoms with van der Waals surface area (Å²) in [6.07, 6.45) is 33.1. The molecule has 0 saturated carbocycles. The molecule has 0 spiro atoms. The molecule has 1 aliphatic rings. The van der Waals surface area contributed by atoms with Gasteiger partial charge in [-0.2, -0.15) is 0 Å². The predicted octanol–water partition coefficient (Wildman–Crippen LogP) is 8.90. The number of esters is 2. The number of aliphatic hydroxyl groups excluding tert-OH is 1. The Balaban J connectivity index is 2.42. The molecule has 1 saturated heterocycles. The minimum absolute atomic E-state index is 0.000862. The smallest absolute Gasteiger partial charge is 0.462 e. The first-order chi connectivity index (χ1) is 27.2. The zero-order chi connectivity index (χ0) is 42.2. The van der Waals surface area contributed by atoms with Crippen LogP contribution in [0.15, 0.2) is 60.8 Å². The summed E-state index contributed by atoms with van der Waals surface area (Å²) in [6.45, 7) is 3.76.